The topological polar surface area (TPSA) is 0 Å². The highest BCUT2D eigenvalue weighted by molar-refractivity contribution is 5.40. The normalized spacial score (nSPS) is 27.9. The van der Waals surface area contributed by atoms with E-state index in [1.54, 1.807) is 12.1 Å². The Morgan fingerprint density at radius 1 is 0.786 bits per heavy atom. The highest BCUT2D eigenvalue weighted by Gasteiger charge is 2.24. The van der Waals surface area contributed by atoms with Crippen molar-refractivity contribution in [1.29, 1.82) is 0 Å². The molecule has 0 radical (unpaired) electrons. The fourth-order valence-corrected chi connectivity index (χ4v) is 5.32. The van der Waals surface area contributed by atoms with Crippen LogP contribution in [0.15, 0.2) is 12.1 Å². The molecule has 28 heavy (non-hydrogen) atoms. The molecule has 3 rings (SSSR count). The van der Waals surface area contributed by atoms with Crippen molar-refractivity contribution in [3.8, 4) is 11.8 Å². The lowest BCUT2D eigenvalue weighted by Crippen LogP contribution is -2.14. The van der Waals surface area contributed by atoms with Crippen LogP contribution in [0.5, 0.6) is 0 Å². The van der Waals surface area contributed by atoms with Crippen LogP contribution in [0.25, 0.3) is 0 Å². The predicted octanol–water partition coefficient (Wildman–Crippen LogP) is 8.00. The van der Waals surface area contributed by atoms with Gasteiger partial charge in [0.15, 0.2) is 0 Å². The molecule has 0 N–H and O–H groups in total. The van der Waals surface area contributed by atoms with Crippen LogP contribution in [0.4, 0.5) is 8.78 Å². The Hall–Kier alpha value is -1.36. The van der Waals surface area contributed by atoms with Crippen LogP contribution >= 0.6 is 0 Å². The highest BCUT2D eigenvalue weighted by atomic mass is 19.1. The molecule has 0 atom stereocenters. The molecule has 2 aliphatic carbocycles. The molecular weight excluding hydrogens is 350 g/mol. The molecule has 2 saturated carbocycles. The Kier molecular flexibility index (Phi) is 7.95. The van der Waals surface area contributed by atoms with E-state index in [4.69, 9.17) is 0 Å². The van der Waals surface area contributed by atoms with Crippen molar-refractivity contribution >= 4 is 0 Å². The summed E-state index contributed by atoms with van der Waals surface area (Å²) in [4.78, 5) is 0. The number of rotatable bonds is 5. The maximum atomic E-state index is 14.6. The van der Waals surface area contributed by atoms with Crippen molar-refractivity contribution in [2.75, 3.05) is 0 Å². The van der Waals surface area contributed by atoms with Crippen LogP contribution in [0.3, 0.4) is 0 Å². The lowest BCUT2D eigenvalue weighted by Gasteiger charge is -2.28. The summed E-state index contributed by atoms with van der Waals surface area (Å²) < 4.78 is 29.3. The maximum absolute atomic E-state index is 14.6. The monoisotopic (exact) mass is 386 g/mol. The Morgan fingerprint density at radius 3 is 1.79 bits per heavy atom. The van der Waals surface area contributed by atoms with E-state index in [0.29, 0.717) is 11.8 Å². The quantitative estimate of drug-likeness (QED) is 0.450. The van der Waals surface area contributed by atoms with Crippen LogP contribution in [0, 0.1) is 41.2 Å². The highest BCUT2D eigenvalue weighted by Crippen LogP contribution is 2.38. The average Bonchev–Trinajstić information content (AvgIpc) is 2.69. The van der Waals surface area contributed by atoms with Crippen molar-refractivity contribution in [1.82, 2.24) is 0 Å². The summed E-state index contributed by atoms with van der Waals surface area (Å²) in [5, 5.41) is 0. The standard InChI is InChI=1S/C26H36F2/c1-3-5-19-7-9-21(10-8-19)13-16-24-25(27)17-23(18-26(24)28)22-14-11-20(6-4-2)12-15-22/h17-22H,3-12,14-15H2,1-2H3/t19-,20-,21-,22-. The molecule has 0 aliphatic heterocycles. The minimum absolute atomic E-state index is 0.0286. The predicted molar refractivity (Wildman–Crippen MR) is 113 cm³/mol. The first-order valence-corrected chi connectivity index (χ1v) is 11.6. The Morgan fingerprint density at radius 2 is 1.29 bits per heavy atom. The number of halogens is 2. The van der Waals surface area contributed by atoms with Gasteiger partial charge in [-0.05, 0) is 86.8 Å². The van der Waals surface area contributed by atoms with Gasteiger partial charge in [-0.2, -0.15) is 0 Å². The van der Waals surface area contributed by atoms with Crippen LogP contribution < -0.4 is 0 Å². The summed E-state index contributed by atoms with van der Waals surface area (Å²) in [6.07, 6.45) is 14.1. The van der Waals surface area contributed by atoms with Crippen LogP contribution in [-0.2, 0) is 0 Å². The van der Waals surface area contributed by atoms with Gasteiger partial charge in [-0.3, -0.25) is 0 Å². The molecular formula is C26H36F2. The number of hydrogen-bond donors (Lipinski definition) is 0. The van der Waals surface area contributed by atoms with Gasteiger partial charge in [0.05, 0.1) is 5.56 Å². The molecule has 0 bridgehead atoms. The second-order valence-electron chi connectivity index (χ2n) is 9.14. The van der Waals surface area contributed by atoms with Gasteiger partial charge in [0, 0.05) is 5.92 Å². The fourth-order valence-electron chi connectivity index (χ4n) is 5.32. The van der Waals surface area contributed by atoms with Crippen molar-refractivity contribution in [2.45, 2.75) is 96.8 Å². The maximum Gasteiger partial charge on any atom is 0.142 e. The third-order valence-corrected chi connectivity index (χ3v) is 7.02. The second-order valence-corrected chi connectivity index (χ2v) is 9.14. The van der Waals surface area contributed by atoms with Gasteiger partial charge in [0.1, 0.15) is 11.6 Å². The molecule has 1 aromatic rings. The molecule has 0 spiro atoms. The van der Waals surface area contributed by atoms with Gasteiger partial charge in [0.25, 0.3) is 0 Å². The van der Waals surface area contributed by atoms with Crippen molar-refractivity contribution in [3.63, 3.8) is 0 Å². The van der Waals surface area contributed by atoms with E-state index < -0.39 is 11.6 Å². The summed E-state index contributed by atoms with van der Waals surface area (Å²) in [5.74, 6) is 7.29. The zero-order valence-electron chi connectivity index (χ0n) is 17.7. The molecule has 2 fully saturated rings. The summed E-state index contributed by atoms with van der Waals surface area (Å²) in [5.41, 5.74) is 0.801. The second kappa shape index (κ2) is 10.4. The van der Waals surface area contributed by atoms with Gasteiger partial charge in [-0.1, -0.05) is 51.4 Å². The van der Waals surface area contributed by atoms with E-state index in [2.05, 4.69) is 25.7 Å². The Labute approximate surface area is 170 Å². The third kappa shape index (κ3) is 5.59. The lowest BCUT2D eigenvalue weighted by atomic mass is 9.77. The van der Waals surface area contributed by atoms with Crippen LogP contribution in [-0.4, -0.2) is 0 Å². The van der Waals surface area contributed by atoms with Gasteiger partial charge in [-0.25, -0.2) is 8.78 Å². The zero-order chi connectivity index (χ0) is 19.9. The van der Waals surface area contributed by atoms with E-state index in [0.717, 1.165) is 43.1 Å². The van der Waals surface area contributed by atoms with Gasteiger partial charge in [-0.15, -0.1) is 0 Å². The lowest BCUT2D eigenvalue weighted by molar-refractivity contribution is 0.300. The number of benzene rings is 1. The number of hydrogen-bond acceptors (Lipinski definition) is 0. The summed E-state index contributed by atoms with van der Waals surface area (Å²) in [6, 6.07) is 3.10. The van der Waals surface area contributed by atoms with Crippen LogP contribution in [0.1, 0.15) is 108 Å². The fraction of sp³-hybridized carbons (Fsp3) is 0.692. The zero-order valence-corrected chi connectivity index (χ0v) is 17.7. The first-order valence-electron chi connectivity index (χ1n) is 11.6. The summed E-state index contributed by atoms with van der Waals surface area (Å²) in [7, 11) is 0. The van der Waals surface area contributed by atoms with E-state index in [9.17, 15) is 8.78 Å². The largest absolute Gasteiger partial charge is 0.206 e. The minimum Gasteiger partial charge on any atom is -0.206 e. The van der Waals surface area contributed by atoms with Crippen molar-refractivity contribution < 1.29 is 8.78 Å². The average molecular weight is 387 g/mol. The molecule has 0 heterocycles. The molecule has 0 amide bonds. The molecule has 2 aliphatic rings. The van der Waals surface area contributed by atoms with E-state index in [1.165, 1.54) is 51.4 Å². The van der Waals surface area contributed by atoms with Gasteiger partial charge < -0.3 is 0 Å². The van der Waals surface area contributed by atoms with Crippen molar-refractivity contribution in [2.24, 2.45) is 17.8 Å². The molecule has 1 aromatic carbocycles. The molecule has 0 unspecified atom stereocenters. The summed E-state index contributed by atoms with van der Waals surface area (Å²) in [6.45, 7) is 4.46. The van der Waals surface area contributed by atoms with Crippen LogP contribution in [0.2, 0.25) is 0 Å². The third-order valence-electron chi connectivity index (χ3n) is 7.02. The van der Waals surface area contributed by atoms with Crippen molar-refractivity contribution in [3.05, 3.63) is 34.9 Å². The molecule has 0 nitrogen and oxygen atoms in total. The van der Waals surface area contributed by atoms with Gasteiger partial charge >= 0.3 is 0 Å². The molecule has 2 heteroatoms. The van der Waals surface area contributed by atoms with Gasteiger partial charge in [0.2, 0.25) is 0 Å². The molecule has 0 aromatic heterocycles. The Bertz CT molecular complexity index is 657. The van der Waals surface area contributed by atoms with E-state index >= 15 is 0 Å². The summed E-state index contributed by atoms with van der Waals surface area (Å²) >= 11 is 0. The first-order chi connectivity index (χ1) is 13.6. The van der Waals surface area contributed by atoms with E-state index in [1.807, 2.05) is 0 Å². The SMILES string of the molecule is CCC[C@H]1CC[C@H](C#Cc2c(F)cc([C@H]3CC[C@H](CCC)CC3)cc2F)CC1. The Balaban J connectivity index is 1.62. The molecule has 154 valence electrons. The smallest absolute Gasteiger partial charge is 0.142 e. The molecule has 0 saturated heterocycles. The van der Waals surface area contributed by atoms with E-state index in [-0.39, 0.29) is 5.56 Å². The first kappa shape index (κ1) is 21.4. The minimum atomic E-state index is -0.474.